The first-order valence-corrected chi connectivity index (χ1v) is 11.8. The minimum atomic E-state index is -0.866. The molecule has 2 N–H and O–H groups in total. The Kier molecular flexibility index (Phi) is 9.28. The molecule has 2 heterocycles. The maximum absolute atomic E-state index is 12.6. The number of hydrogen-bond donors (Lipinski definition) is 2. The zero-order valence-corrected chi connectivity index (χ0v) is 19.0. The zero-order valence-electron chi connectivity index (χ0n) is 19.0. The van der Waals surface area contributed by atoms with Crippen molar-refractivity contribution in [1.29, 1.82) is 0 Å². The lowest BCUT2D eigenvalue weighted by molar-refractivity contribution is -0.123. The average Bonchev–Trinajstić information content (AvgIpc) is 3.30. The van der Waals surface area contributed by atoms with Crippen LogP contribution in [0, 0.1) is 0 Å². The van der Waals surface area contributed by atoms with Gasteiger partial charge in [-0.2, -0.15) is 0 Å². The molecule has 0 radical (unpaired) electrons. The maximum atomic E-state index is 12.6. The molecule has 0 unspecified atom stereocenters. The van der Waals surface area contributed by atoms with Crippen LogP contribution in [-0.2, 0) is 4.79 Å². The Labute approximate surface area is 186 Å². The lowest BCUT2D eigenvalue weighted by atomic mass is 10.00. The van der Waals surface area contributed by atoms with Crippen LogP contribution in [0.2, 0.25) is 0 Å². The first-order chi connectivity index (χ1) is 15.1. The van der Waals surface area contributed by atoms with Crippen molar-refractivity contribution in [3.05, 3.63) is 17.7 Å². The fourth-order valence-electron chi connectivity index (χ4n) is 4.33. The molecule has 1 fully saturated rings. The summed E-state index contributed by atoms with van der Waals surface area (Å²) in [6.45, 7) is 5.74. The quantitative estimate of drug-likeness (QED) is 0.491. The van der Waals surface area contributed by atoms with Crippen LogP contribution < -0.4 is 19.5 Å². The van der Waals surface area contributed by atoms with Gasteiger partial charge in [-0.15, -0.1) is 0 Å². The van der Waals surface area contributed by atoms with Crippen LogP contribution in [0.1, 0.15) is 70.0 Å². The molecular weight excluding hydrogens is 396 g/mol. The van der Waals surface area contributed by atoms with E-state index in [4.69, 9.17) is 14.2 Å². The molecule has 0 bridgehead atoms. The number of unbranched alkanes of at least 4 members (excludes halogenated alkanes) is 4. The number of ether oxygens (including phenoxy) is 3. The monoisotopic (exact) mass is 434 g/mol. The van der Waals surface area contributed by atoms with E-state index in [0.717, 1.165) is 38.8 Å². The lowest BCUT2D eigenvalue weighted by Gasteiger charge is -2.30. The molecule has 1 aromatic rings. The molecule has 0 spiro atoms. The molecule has 0 aromatic heterocycles. The van der Waals surface area contributed by atoms with Crippen molar-refractivity contribution in [1.82, 2.24) is 10.2 Å². The normalized spacial score (nSPS) is 17.9. The molecule has 174 valence electrons. The average molecular weight is 435 g/mol. The molecule has 1 amide bonds. The van der Waals surface area contributed by atoms with Gasteiger partial charge in [0.2, 0.25) is 11.7 Å². The second kappa shape index (κ2) is 12.2. The standard InChI is InChI=1S/C24H38N2O5/c1-3-4-5-6-7-10-22(27)25-19(17-26-11-8-9-12-26)23(28)18-15-20(29-2)24-21(16-18)30-13-14-31-24/h15-16,19,23,28H,3-14,17H2,1-2H3,(H,25,27)/t19-,23-/m1/s1. The van der Waals surface area contributed by atoms with Crippen LogP contribution in [0.25, 0.3) is 0 Å². The summed E-state index contributed by atoms with van der Waals surface area (Å²) in [4.78, 5) is 15.0. The Bertz CT molecular complexity index is 688. The van der Waals surface area contributed by atoms with Gasteiger partial charge in [0.15, 0.2) is 11.5 Å². The summed E-state index contributed by atoms with van der Waals surface area (Å²) in [5.74, 6) is 1.68. The van der Waals surface area contributed by atoms with Gasteiger partial charge in [-0.05, 0) is 50.0 Å². The Morgan fingerprint density at radius 3 is 2.65 bits per heavy atom. The van der Waals surface area contributed by atoms with E-state index in [9.17, 15) is 9.90 Å². The van der Waals surface area contributed by atoms with Crippen LogP contribution in [0.5, 0.6) is 17.2 Å². The molecule has 1 saturated heterocycles. The van der Waals surface area contributed by atoms with Crippen molar-refractivity contribution in [2.24, 2.45) is 0 Å². The van der Waals surface area contributed by atoms with Crippen LogP contribution in [0.4, 0.5) is 0 Å². The Balaban J connectivity index is 1.69. The minimum Gasteiger partial charge on any atom is -0.493 e. The van der Waals surface area contributed by atoms with Crippen molar-refractivity contribution in [2.45, 2.75) is 70.4 Å². The summed E-state index contributed by atoms with van der Waals surface area (Å²) in [6.07, 6.45) is 7.47. The zero-order chi connectivity index (χ0) is 22.1. The fraction of sp³-hybridized carbons (Fsp3) is 0.708. The molecule has 2 atom stereocenters. The van der Waals surface area contributed by atoms with Gasteiger partial charge >= 0.3 is 0 Å². The Hall–Kier alpha value is -1.99. The van der Waals surface area contributed by atoms with Gasteiger partial charge in [0, 0.05) is 13.0 Å². The van der Waals surface area contributed by atoms with Crippen molar-refractivity contribution in [3.8, 4) is 17.2 Å². The molecule has 0 saturated carbocycles. The summed E-state index contributed by atoms with van der Waals surface area (Å²) in [7, 11) is 1.58. The number of carbonyl (C=O) groups is 1. The number of carbonyl (C=O) groups excluding carboxylic acids is 1. The fourth-order valence-corrected chi connectivity index (χ4v) is 4.33. The molecule has 7 nitrogen and oxygen atoms in total. The molecule has 2 aliphatic rings. The van der Waals surface area contributed by atoms with Gasteiger partial charge in [0.25, 0.3) is 0 Å². The van der Waals surface area contributed by atoms with Gasteiger partial charge in [0.1, 0.15) is 19.3 Å². The van der Waals surface area contributed by atoms with Crippen molar-refractivity contribution < 1.29 is 24.1 Å². The third kappa shape index (κ3) is 6.74. The molecule has 3 rings (SSSR count). The van der Waals surface area contributed by atoms with Gasteiger partial charge < -0.3 is 29.5 Å². The number of methoxy groups -OCH3 is 1. The van der Waals surface area contributed by atoms with Gasteiger partial charge in [-0.1, -0.05) is 32.6 Å². The highest BCUT2D eigenvalue weighted by Gasteiger charge is 2.29. The van der Waals surface area contributed by atoms with Gasteiger partial charge in [0.05, 0.1) is 13.2 Å². The highest BCUT2D eigenvalue weighted by atomic mass is 16.6. The predicted octanol–water partition coefficient (Wildman–Crippen LogP) is 3.44. The van der Waals surface area contributed by atoms with E-state index in [0.29, 0.717) is 49.0 Å². The number of benzene rings is 1. The minimum absolute atomic E-state index is 0.00394. The van der Waals surface area contributed by atoms with Crippen molar-refractivity contribution >= 4 is 5.91 Å². The first-order valence-electron chi connectivity index (χ1n) is 11.8. The second-order valence-electron chi connectivity index (χ2n) is 8.54. The highest BCUT2D eigenvalue weighted by Crippen LogP contribution is 2.42. The summed E-state index contributed by atoms with van der Waals surface area (Å²) in [5, 5.41) is 14.4. The maximum Gasteiger partial charge on any atom is 0.220 e. The summed E-state index contributed by atoms with van der Waals surface area (Å²) in [5.41, 5.74) is 0.661. The van der Waals surface area contributed by atoms with E-state index < -0.39 is 12.1 Å². The van der Waals surface area contributed by atoms with Crippen LogP contribution in [0.15, 0.2) is 12.1 Å². The number of amides is 1. The van der Waals surface area contributed by atoms with Crippen molar-refractivity contribution in [3.63, 3.8) is 0 Å². The van der Waals surface area contributed by atoms with Crippen molar-refractivity contribution in [2.75, 3.05) is 40.0 Å². The molecule has 1 aromatic carbocycles. The van der Waals surface area contributed by atoms with E-state index in [1.165, 1.54) is 19.3 Å². The van der Waals surface area contributed by atoms with Crippen LogP contribution >= 0.6 is 0 Å². The topological polar surface area (TPSA) is 80.3 Å². The molecular formula is C24H38N2O5. The molecule has 31 heavy (non-hydrogen) atoms. The molecule has 7 heteroatoms. The lowest BCUT2D eigenvalue weighted by Crippen LogP contribution is -2.46. The smallest absolute Gasteiger partial charge is 0.220 e. The summed E-state index contributed by atoms with van der Waals surface area (Å²) < 4.78 is 16.9. The third-order valence-electron chi connectivity index (χ3n) is 6.08. The van der Waals surface area contributed by atoms with Crippen LogP contribution in [-0.4, -0.2) is 61.9 Å². The summed E-state index contributed by atoms with van der Waals surface area (Å²) in [6, 6.07) is 3.19. The number of rotatable bonds is 12. The number of aliphatic hydroxyl groups is 1. The van der Waals surface area contributed by atoms with Crippen LogP contribution in [0.3, 0.4) is 0 Å². The van der Waals surface area contributed by atoms with E-state index in [1.54, 1.807) is 19.2 Å². The largest absolute Gasteiger partial charge is 0.493 e. The van der Waals surface area contributed by atoms with E-state index in [1.807, 2.05) is 0 Å². The first kappa shape index (κ1) is 23.7. The Morgan fingerprint density at radius 1 is 1.16 bits per heavy atom. The number of nitrogens with one attached hydrogen (secondary N) is 1. The van der Waals surface area contributed by atoms with E-state index in [-0.39, 0.29) is 5.91 Å². The van der Waals surface area contributed by atoms with Gasteiger partial charge in [-0.25, -0.2) is 0 Å². The number of fused-ring (bicyclic) bond motifs is 1. The highest BCUT2D eigenvalue weighted by molar-refractivity contribution is 5.76. The molecule has 2 aliphatic heterocycles. The van der Waals surface area contributed by atoms with E-state index >= 15 is 0 Å². The third-order valence-corrected chi connectivity index (χ3v) is 6.08. The Morgan fingerprint density at radius 2 is 1.90 bits per heavy atom. The second-order valence-corrected chi connectivity index (χ2v) is 8.54. The number of aliphatic hydroxyl groups excluding tert-OH is 1. The number of nitrogens with zero attached hydrogens (tertiary/aromatic N) is 1. The number of hydrogen-bond acceptors (Lipinski definition) is 6. The summed E-state index contributed by atoms with van der Waals surface area (Å²) >= 11 is 0. The van der Waals surface area contributed by atoms with E-state index in [2.05, 4.69) is 17.1 Å². The van der Waals surface area contributed by atoms with Gasteiger partial charge in [-0.3, -0.25) is 4.79 Å². The number of likely N-dealkylation sites (tertiary alicyclic amines) is 1. The molecule has 0 aliphatic carbocycles. The SMILES string of the molecule is CCCCCCCC(=O)N[C@H](CN1CCCC1)[C@H](O)c1cc(OC)c2c(c1)OCCO2. The predicted molar refractivity (Wildman–Crippen MR) is 120 cm³/mol.